The van der Waals surface area contributed by atoms with Gasteiger partial charge in [-0.05, 0) is 107 Å². The first-order chi connectivity index (χ1) is 22.8. The van der Waals surface area contributed by atoms with Crippen LogP contribution in [0.1, 0.15) is 86.9 Å². The lowest BCUT2D eigenvalue weighted by Gasteiger charge is -2.28. The Kier molecular flexibility index (Phi) is 8.36. The number of rotatable bonds is 4. The molecule has 0 unspecified atom stereocenters. The Balaban J connectivity index is 1.71. The fourth-order valence-corrected chi connectivity index (χ4v) is 7.96. The summed E-state index contributed by atoms with van der Waals surface area (Å²) in [5.41, 5.74) is 14.4. The van der Waals surface area contributed by atoms with Crippen molar-refractivity contribution in [2.45, 2.75) is 58.8 Å². The number of hydrogen-bond acceptors (Lipinski definition) is 0. The molecule has 0 aromatic heterocycles. The first-order valence-electron chi connectivity index (χ1n) is 16.6. The number of fused-ring (bicyclic) bond motifs is 3. The van der Waals surface area contributed by atoms with E-state index < -0.39 is 0 Å². The molecule has 5 aromatic rings. The molecule has 2 aliphatic rings. The Labute approximate surface area is 299 Å². The molecule has 5 aromatic carbocycles. The lowest BCUT2D eigenvalue weighted by atomic mass is 9.75. The van der Waals surface area contributed by atoms with Gasteiger partial charge in [0.25, 0.3) is 0 Å². The van der Waals surface area contributed by atoms with Crippen molar-refractivity contribution in [2.24, 2.45) is 0 Å². The van der Waals surface area contributed by atoms with Gasteiger partial charge in [0.1, 0.15) is 0 Å². The molecular weight excluding hydrogens is 647 g/mol. The van der Waals surface area contributed by atoms with Crippen molar-refractivity contribution in [1.82, 2.24) is 0 Å². The zero-order valence-corrected chi connectivity index (χ0v) is 30.6. The summed E-state index contributed by atoms with van der Waals surface area (Å²) >= 11 is 20.0. The molecule has 0 atom stereocenters. The maximum atomic E-state index is 6.96. The SMILES string of the molecule is CC(C)(C)c1ccc2c(c1)C=c1c-2cc(=C(c2ccccc2)c2ccccc2)c(C(C)(C)C)c1C1=C(c2ccc(Cl)c(Cl)c2Cl)C=CC1. The van der Waals surface area contributed by atoms with Gasteiger partial charge in [-0.2, -0.15) is 0 Å². The first-order valence-corrected chi connectivity index (χ1v) is 17.7. The molecule has 48 heavy (non-hydrogen) atoms. The highest BCUT2D eigenvalue weighted by molar-refractivity contribution is 6.48. The van der Waals surface area contributed by atoms with Crippen LogP contribution in [-0.4, -0.2) is 0 Å². The van der Waals surface area contributed by atoms with Crippen molar-refractivity contribution in [3.05, 3.63) is 174 Å². The van der Waals surface area contributed by atoms with Crippen LogP contribution < -0.4 is 10.4 Å². The van der Waals surface area contributed by atoms with Crippen molar-refractivity contribution in [1.29, 1.82) is 0 Å². The molecule has 0 aliphatic heterocycles. The monoisotopic (exact) mass is 684 g/mol. The summed E-state index contributed by atoms with van der Waals surface area (Å²) in [4.78, 5) is 0. The maximum Gasteiger partial charge on any atom is 0.0784 e. The smallest absolute Gasteiger partial charge is 0.0784 e. The fraction of sp³-hybridized carbons (Fsp3) is 0.200. The fourth-order valence-electron chi connectivity index (χ4n) is 7.33. The van der Waals surface area contributed by atoms with Crippen molar-refractivity contribution in [3.8, 4) is 11.1 Å². The van der Waals surface area contributed by atoms with Crippen molar-refractivity contribution >= 4 is 57.6 Å². The zero-order chi connectivity index (χ0) is 34.0. The standard InChI is InChI=1S/C45H39Cl3/c1-44(2,3)30-20-21-31-29(24-30)25-36-35(31)26-37(39(27-14-9-7-10-15-27)28-16-11-8-12-17-28)41(45(4,5)6)40(36)33-19-13-18-32(33)34-22-23-38(46)43(48)42(34)47/h7-18,20-26H,19H2,1-6H3. The molecular formula is C45H39Cl3. The van der Waals surface area contributed by atoms with E-state index in [2.05, 4.69) is 145 Å². The summed E-state index contributed by atoms with van der Waals surface area (Å²) in [6.07, 6.45) is 7.64. The molecule has 7 rings (SSSR count). The van der Waals surface area contributed by atoms with Gasteiger partial charge in [0, 0.05) is 5.56 Å². The number of allylic oxidation sites excluding steroid dienone is 4. The molecule has 0 saturated heterocycles. The van der Waals surface area contributed by atoms with E-state index in [4.69, 9.17) is 34.8 Å². The lowest BCUT2D eigenvalue weighted by Crippen LogP contribution is -2.32. The van der Waals surface area contributed by atoms with Crippen molar-refractivity contribution in [2.75, 3.05) is 0 Å². The van der Waals surface area contributed by atoms with Crippen LogP contribution in [0.25, 0.3) is 33.9 Å². The molecule has 240 valence electrons. The number of benzene rings is 5. The van der Waals surface area contributed by atoms with E-state index in [1.807, 2.05) is 12.1 Å². The second-order valence-electron chi connectivity index (χ2n) is 14.9. The van der Waals surface area contributed by atoms with Crippen molar-refractivity contribution in [3.63, 3.8) is 0 Å². The normalized spacial score (nSPS) is 13.9. The molecule has 0 fully saturated rings. The van der Waals surface area contributed by atoms with Crippen LogP contribution in [0.5, 0.6) is 0 Å². The quantitative estimate of drug-likeness (QED) is 0.162. The summed E-state index contributed by atoms with van der Waals surface area (Å²) in [5.74, 6) is 0. The molecule has 0 saturated carbocycles. The Morgan fingerprint density at radius 2 is 1.25 bits per heavy atom. The van der Waals surface area contributed by atoms with Crippen molar-refractivity contribution < 1.29 is 0 Å². The topological polar surface area (TPSA) is 0 Å². The van der Waals surface area contributed by atoms with Crippen LogP contribution in [0.4, 0.5) is 0 Å². The Morgan fingerprint density at radius 3 is 1.85 bits per heavy atom. The third-order valence-electron chi connectivity index (χ3n) is 9.58. The second kappa shape index (κ2) is 12.3. The predicted octanol–water partition coefficient (Wildman–Crippen LogP) is 12.2. The van der Waals surface area contributed by atoms with Crippen LogP contribution in [-0.2, 0) is 10.8 Å². The van der Waals surface area contributed by atoms with E-state index in [0.29, 0.717) is 15.1 Å². The lowest BCUT2D eigenvalue weighted by molar-refractivity contribution is 0.583. The molecule has 0 radical (unpaired) electrons. The van der Waals surface area contributed by atoms with Crippen LogP contribution in [0, 0.1) is 0 Å². The van der Waals surface area contributed by atoms with E-state index in [-0.39, 0.29) is 10.8 Å². The number of halogens is 3. The minimum atomic E-state index is -0.212. The molecule has 0 heterocycles. The van der Waals surface area contributed by atoms with Gasteiger partial charge in [-0.1, -0.05) is 173 Å². The van der Waals surface area contributed by atoms with Gasteiger partial charge in [0.15, 0.2) is 0 Å². The van der Waals surface area contributed by atoms with Gasteiger partial charge in [0.05, 0.1) is 15.1 Å². The average molecular weight is 686 g/mol. The van der Waals surface area contributed by atoms with Gasteiger partial charge in [0.2, 0.25) is 0 Å². The minimum Gasteiger partial charge on any atom is -0.0827 e. The maximum absolute atomic E-state index is 6.96. The van der Waals surface area contributed by atoms with Crippen LogP contribution in [0.3, 0.4) is 0 Å². The van der Waals surface area contributed by atoms with Gasteiger partial charge in [-0.15, -0.1) is 0 Å². The van der Waals surface area contributed by atoms with Gasteiger partial charge in [-0.25, -0.2) is 0 Å². The summed E-state index contributed by atoms with van der Waals surface area (Å²) in [6, 6.07) is 34.9. The molecule has 0 amide bonds. The molecule has 0 nitrogen and oxygen atoms in total. The van der Waals surface area contributed by atoms with E-state index in [1.54, 1.807) is 0 Å². The number of hydrogen-bond donors (Lipinski definition) is 0. The Bertz CT molecular complexity index is 2230. The van der Waals surface area contributed by atoms with E-state index in [1.165, 1.54) is 66.1 Å². The third-order valence-corrected chi connectivity index (χ3v) is 10.9. The summed E-state index contributed by atoms with van der Waals surface area (Å²) in [5, 5.41) is 3.83. The average Bonchev–Trinajstić information content (AvgIpc) is 3.68. The first kappa shape index (κ1) is 32.7. The highest BCUT2D eigenvalue weighted by atomic mass is 35.5. The summed E-state index contributed by atoms with van der Waals surface area (Å²) < 4.78 is 0. The van der Waals surface area contributed by atoms with Gasteiger partial charge in [-0.3, -0.25) is 0 Å². The highest BCUT2D eigenvalue weighted by Crippen LogP contribution is 2.44. The van der Waals surface area contributed by atoms with Crippen LogP contribution in [0.15, 0.2) is 109 Å². The Hall–Kier alpha value is -3.81. The zero-order valence-electron chi connectivity index (χ0n) is 28.3. The van der Waals surface area contributed by atoms with E-state index in [0.717, 1.165) is 17.6 Å². The third kappa shape index (κ3) is 5.69. The minimum absolute atomic E-state index is 0.0411. The Morgan fingerprint density at radius 1 is 0.625 bits per heavy atom. The van der Waals surface area contributed by atoms with Crippen LogP contribution in [0.2, 0.25) is 15.1 Å². The molecule has 2 aliphatic carbocycles. The largest absolute Gasteiger partial charge is 0.0827 e. The van der Waals surface area contributed by atoms with E-state index >= 15 is 0 Å². The molecule has 0 N–H and O–H groups in total. The molecule has 0 bridgehead atoms. The van der Waals surface area contributed by atoms with Crippen LogP contribution >= 0.6 is 34.8 Å². The summed E-state index contributed by atoms with van der Waals surface area (Å²) in [6.45, 7) is 13.8. The van der Waals surface area contributed by atoms with Gasteiger partial charge >= 0.3 is 0 Å². The second-order valence-corrected chi connectivity index (χ2v) is 16.1. The summed E-state index contributed by atoms with van der Waals surface area (Å²) in [7, 11) is 0. The highest BCUT2D eigenvalue weighted by Gasteiger charge is 2.31. The molecule has 0 spiro atoms. The molecule has 3 heteroatoms. The van der Waals surface area contributed by atoms with Gasteiger partial charge < -0.3 is 0 Å². The predicted molar refractivity (Wildman–Crippen MR) is 209 cm³/mol. The van der Waals surface area contributed by atoms with E-state index in [9.17, 15) is 0 Å².